The summed E-state index contributed by atoms with van der Waals surface area (Å²) in [7, 11) is 0. The first kappa shape index (κ1) is 17.9. The van der Waals surface area contributed by atoms with E-state index in [0.717, 1.165) is 5.56 Å². The standard InChI is InChI=1S/C15H22N2O5/c1-15(2,3)22-14(19)16(10-13(18)11-17(20)21)9-12-7-5-4-6-8-12/h4-8,13,18H,9-11H2,1-3H3. The molecule has 1 N–H and O–H groups in total. The Kier molecular flexibility index (Phi) is 6.30. The van der Waals surface area contributed by atoms with Crippen LogP contribution in [-0.4, -0.2) is 45.8 Å². The van der Waals surface area contributed by atoms with Crippen LogP contribution in [0.4, 0.5) is 4.79 Å². The van der Waals surface area contributed by atoms with Gasteiger partial charge in [-0.15, -0.1) is 0 Å². The first-order chi connectivity index (χ1) is 10.2. The van der Waals surface area contributed by atoms with E-state index in [4.69, 9.17) is 4.74 Å². The number of ether oxygens (including phenoxy) is 1. The molecule has 0 fully saturated rings. The zero-order chi connectivity index (χ0) is 16.8. The minimum absolute atomic E-state index is 0.162. The fourth-order valence-corrected chi connectivity index (χ4v) is 1.82. The summed E-state index contributed by atoms with van der Waals surface area (Å²) < 4.78 is 5.28. The van der Waals surface area contributed by atoms with E-state index in [1.807, 2.05) is 30.3 Å². The van der Waals surface area contributed by atoms with Gasteiger partial charge in [0.2, 0.25) is 6.54 Å². The van der Waals surface area contributed by atoms with Crippen LogP contribution < -0.4 is 0 Å². The van der Waals surface area contributed by atoms with Gasteiger partial charge in [-0.1, -0.05) is 30.3 Å². The van der Waals surface area contributed by atoms with Crippen molar-refractivity contribution in [2.45, 2.75) is 39.0 Å². The Hall–Kier alpha value is -2.15. The van der Waals surface area contributed by atoms with Crippen molar-refractivity contribution in [3.63, 3.8) is 0 Å². The molecule has 22 heavy (non-hydrogen) atoms. The van der Waals surface area contributed by atoms with Crippen molar-refractivity contribution in [1.29, 1.82) is 0 Å². The maximum Gasteiger partial charge on any atom is 0.410 e. The van der Waals surface area contributed by atoms with Gasteiger partial charge in [-0.2, -0.15) is 0 Å². The van der Waals surface area contributed by atoms with Gasteiger partial charge in [0.25, 0.3) is 0 Å². The number of hydrogen-bond acceptors (Lipinski definition) is 5. The van der Waals surface area contributed by atoms with Crippen molar-refractivity contribution in [1.82, 2.24) is 4.90 Å². The number of aliphatic hydroxyl groups excluding tert-OH is 1. The van der Waals surface area contributed by atoms with E-state index in [1.54, 1.807) is 20.8 Å². The number of carbonyl (C=O) groups is 1. The Balaban J connectivity index is 2.80. The van der Waals surface area contributed by atoms with Crippen LogP contribution in [-0.2, 0) is 11.3 Å². The largest absolute Gasteiger partial charge is 0.444 e. The fourth-order valence-electron chi connectivity index (χ4n) is 1.82. The van der Waals surface area contributed by atoms with Crippen molar-refractivity contribution >= 4 is 6.09 Å². The maximum absolute atomic E-state index is 12.2. The van der Waals surface area contributed by atoms with E-state index in [-0.39, 0.29) is 13.1 Å². The summed E-state index contributed by atoms with van der Waals surface area (Å²) in [5.74, 6) is 0. The van der Waals surface area contributed by atoms with Crippen molar-refractivity contribution in [2.24, 2.45) is 0 Å². The van der Waals surface area contributed by atoms with Gasteiger partial charge in [-0.25, -0.2) is 4.79 Å². The number of aliphatic hydroxyl groups is 1. The third-order valence-electron chi connectivity index (χ3n) is 2.66. The van der Waals surface area contributed by atoms with Crippen LogP contribution >= 0.6 is 0 Å². The van der Waals surface area contributed by atoms with Crippen molar-refractivity contribution in [3.8, 4) is 0 Å². The summed E-state index contributed by atoms with van der Waals surface area (Å²) in [5.41, 5.74) is 0.168. The van der Waals surface area contributed by atoms with E-state index in [2.05, 4.69) is 0 Å². The van der Waals surface area contributed by atoms with Crippen LogP contribution in [0.15, 0.2) is 30.3 Å². The minimum atomic E-state index is -1.24. The molecule has 1 aromatic rings. The molecule has 0 aromatic heterocycles. The number of rotatable bonds is 6. The molecule has 0 heterocycles. The summed E-state index contributed by atoms with van der Waals surface area (Å²) in [6.45, 7) is 4.64. The molecule has 1 aromatic carbocycles. The molecular formula is C15H22N2O5. The summed E-state index contributed by atoms with van der Waals surface area (Å²) in [6.07, 6.45) is -1.86. The Labute approximate surface area is 129 Å². The highest BCUT2D eigenvalue weighted by molar-refractivity contribution is 5.68. The van der Waals surface area contributed by atoms with Crippen LogP contribution in [0, 0.1) is 10.1 Å². The second kappa shape index (κ2) is 7.74. The van der Waals surface area contributed by atoms with Gasteiger partial charge in [-0.05, 0) is 26.3 Å². The second-order valence-corrected chi connectivity index (χ2v) is 6.02. The lowest BCUT2D eigenvalue weighted by Crippen LogP contribution is -2.42. The first-order valence-corrected chi connectivity index (χ1v) is 6.99. The van der Waals surface area contributed by atoms with Crippen molar-refractivity contribution in [3.05, 3.63) is 46.0 Å². The zero-order valence-electron chi connectivity index (χ0n) is 13.1. The Morgan fingerprint density at radius 2 is 1.95 bits per heavy atom. The molecule has 0 spiro atoms. The second-order valence-electron chi connectivity index (χ2n) is 6.02. The molecule has 1 unspecified atom stereocenters. The maximum atomic E-state index is 12.2. The van der Waals surface area contributed by atoms with E-state index in [0.29, 0.717) is 0 Å². The lowest BCUT2D eigenvalue weighted by molar-refractivity contribution is -0.490. The first-order valence-electron chi connectivity index (χ1n) is 6.99. The van der Waals surface area contributed by atoms with Crippen LogP contribution in [0.3, 0.4) is 0 Å². The molecule has 122 valence electrons. The molecule has 0 aliphatic carbocycles. The number of benzene rings is 1. The van der Waals surface area contributed by atoms with Gasteiger partial charge < -0.3 is 14.7 Å². The van der Waals surface area contributed by atoms with Gasteiger partial charge in [0.1, 0.15) is 11.7 Å². The Bertz CT molecular complexity index is 498. The topological polar surface area (TPSA) is 92.9 Å². The number of hydrogen-bond donors (Lipinski definition) is 1. The number of nitro groups is 1. The molecule has 0 saturated carbocycles. The summed E-state index contributed by atoms with van der Waals surface area (Å²) in [4.78, 5) is 23.3. The highest BCUT2D eigenvalue weighted by Crippen LogP contribution is 2.13. The van der Waals surface area contributed by atoms with E-state index < -0.39 is 29.3 Å². The third kappa shape index (κ3) is 7.03. The molecule has 1 atom stereocenters. The average Bonchev–Trinajstić information content (AvgIpc) is 2.36. The van der Waals surface area contributed by atoms with Crippen LogP contribution in [0.5, 0.6) is 0 Å². The van der Waals surface area contributed by atoms with Crippen LogP contribution in [0.25, 0.3) is 0 Å². The Morgan fingerprint density at radius 1 is 1.36 bits per heavy atom. The summed E-state index contributed by atoms with van der Waals surface area (Å²) in [5, 5.41) is 20.2. The predicted octanol–water partition coefficient (Wildman–Crippen LogP) is 2.06. The quantitative estimate of drug-likeness (QED) is 0.641. The molecule has 1 amide bonds. The number of amides is 1. The number of carbonyl (C=O) groups excluding carboxylic acids is 1. The smallest absolute Gasteiger partial charge is 0.410 e. The molecule has 0 saturated heterocycles. The van der Waals surface area contributed by atoms with E-state index >= 15 is 0 Å². The van der Waals surface area contributed by atoms with Crippen LogP contribution in [0.1, 0.15) is 26.3 Å². The van der Waals surface area contributed by atoms with Crippen molar-refractivity contribution < 1.29 is 19.6 Å². The molecular weight excluding hydrogens is 288 g/mol. The molecule has 7 nitrogen and oxygen atoms in total. The highest BCUT2D eigenvalue weighted by atomic mass is 16.6. The zero-order valence-corrected chi connectivity index (χ0v) is 13.1. The highest BCUT2D eigenvalue weighted by Gasteiger charge is 2.25. The molecule has 0 aliphatic heterocycles. The third-order valence-corrected chi connectivity index (χ3v) is 2.66. The lowest BCUT2D eigenvalue weighted by atomic mass is 10.2. The van der Waals surface area contributed by atoms with Gasteiger partial charge in [0.05, 0.1) is 6.54 Å². The lowest BCUT2D eigenvalue weighted by Gasteiger charge is -2.28. The Morgan fingerprint density at radius 3 is 2.45 bits per heavy atom. The molecule has 0 bridgehead atoms. The monoisotopic (exact) mass is 310 g/mol. The fraction of sp³-hybridized carbons (Fsp3) is 0.533. The van der Waals surface area contributed by atoms with Gasteiger partial charge in [-0.3, -0.25) is 10.1 Å². The molecule has 1 rings (SSSR count). The van der Waals surface area contributed by atoms with Crippen molar-refractivity contribution in [2.75, 3.05) is 13.1 Å². The number of nitrogens with zero attached hydrogens (tertiary/aromatic N) is 2. The van der Waals surface area contributed by atoms with E-state index in [1.165, 1.54) is 4.90 Å². The minimum Gasteiger partial charge on any atom is -0.444 e. The van der Waals surface area contributed by atoms with Crippen LogP contribution in [0.2, 0.25) is 0 Å². The predicted molar refractivity (Wildman–Crippen MR) is 81.0 cm³/mol. The summed E-state index contributed by atoms with van der Waals surface area (Å²) >= 11 is 0. The SMILES string of the molecule is CC(C)(C)OC(=O)N(Cc1ccccc1)CC(O)C[N+](=O)[O-]. The normalized spacial score (nSPS) is 12.5. The van der Waals surface area contributed by atoms with Gasteiger partial charge >= 0.3 is 6.09 Å². The molecule has 7 heteroatoms. The summed E-state index contributed by atoms with van der Waals surface area (Å²) in [6, 6.07) is 9.17. The molecule has 0 radical (unpaired) electrons. The van der Waals surface area contributed by atoms with Gasteiger partial charge in [0, 0.05) is 11.5 Å². The molecule has 0 aliphatic rings. The van der Waals surface area contributed by atoms with E-state index in [9.17, 15) is 20.0 Å². The average molecular weight is 310 g/mol. The van der Waals surface area contributed by atoms with Gasteiger partial charge in [0.15, 0.2) is 0 Å².